The van der Waals surface area contributed by atoms with Gasteiger partial charge in [0.2, 0.25) is 0 Å². The quantitative estimate of drug-likeness (QED) is 0.717. The first-order chi connectivity index (χ1) is 10.3. The second kappa shape index (κ2) is 4.46. The molecule has 21 heavy (non-hydrogen) atoms. The highest BCUT2D eigenvalue weighted by atomic mass is 16.2. The molecule has 2 aromatic carbocycles. The second-order valence-corrected chi connectivity index (χ2v) is 5.28. The van der Waals surface area contributed by atoms with Crippen molar-refractivity contribution in [3.63, 3.8) is 0 Å². The first kappa shape index (κ1) is 12.2. The van der Waals surface area contributed by atoms with E-state index in [1.807, 2.05) is 47.0 Å². The number of nitrogens with zero attached hydrogens (tertiary/aromatic N) is 1. The van der Waals surface area contributed by atoms with Crippen LogP contribution in [-0.4, -0.2) is 10.5 Å². The maximum absolute atomic E-state index is 12.1. The normalized spacial score (nSPS) is 17.6. The maximum Gasteiger partial charge on any atom is 0.258 e. The fourth-order valence-electron chi connectivity index (χ4n) is 3.03. The van der Waals surface area contributed by atoms with Crippen molar-refractivity contribution >= 4 is 16.8 Å². The molecule has 4 heteroatoms. The Morgan fingerprint density at radius 3 is 2.71 bits per heavy atom. The van der Waals surface area contributed by atoms with Crippen LogP contribution in [-0.2, 0) is 11.3 Å². The number of para-hydroxylation sites is 1. The lowest BCUT2D eigenvalue weighted by Crippen LogP contribution is -2.35. The Labute approximate surface area is 122 Å². The van der Waals surface area contributed by atoms with E-state index in [0.717, 1.165) is 27.7 Å². The SMILES string of the molecule is NC1C(=O)NCc2cccc3cc(-c4ccccc4)n1c23. The predicted octanol–water partition coefficient (Wildman–Crippen LogP) is 2.40. The molecule has 1 aromatic heterocycles. The standard InChI is InChI=1S/C17H15N3O/c18-16-17(21)19-10-13-8-4-7-12-9-14(20(16)15(12)13)11-5-2-1-3-6-11/h1-9,16H,10,18H2,(H,19,21). The monoisotopic (exact) mass is 277 g/mol. The van der Waals surface area contributed by atoms with Crippen molar-refractivity contribution in [2.24, 2.45) is 5.73 Å². The number of benzene rings is 2. The van der Waals surface area contributed by atoms with Gasteiger partial charge in [-0.15, -0.1) is 0 Å². The molecule has 1 aliphatic heterocycles. The fraction of sp³-hybridized carbons (Fsp3) is 0.118. The van der Waals surface area contributed by atoms with E-state index in [9.17, 15) is 4.79 Å². The summed E-state index contributed by atoms with van der Waals surface area (Å²) in [6.07, 6.45) is -0.707. The number of nitrogens with one attached hydrogen (secondary N) is 1. The molecule has 4 rings (SSSR count). The molecule has 3 N–H and O–H groups in total. The number of rotatable bonds is 1. The van der Waals surface area contributed by atoms with Gasteiger partial charge in [0.25, 0.3) is 5.91 Å². The summed E-state index contributed by atoms with van der Waals surface area (Å²) in [6, 6.07) is 18.2. The van der Waals surface area contributed by atoms with Gasteiger partial charge in [0.05, 0.1) is 11.2 Å². The Kier molecular flexibility index (Phi) is 2.59. The Balaban J connectivity index is 2.09. The van der Waals surface area contributed by atoms with Crippen molar-refractivity contribution < 1.29 is 4.79 Å². The minimum absolute atomic E-state index is 0.152. The number of amides is 1. The third-order valence-corrected chi connectivity index (χ3v) is 4.01. The van der Waals surface area contributed by atoms with Crippen molar-refractivity contribution in [2.75, 3.05) is 0 Å². The maximum atomic E-state index is 12.1. The van der Waals surface area contributed by atoms with Crippen LogP contribution in [0.3, 0.4) is 0 Å². The van der Waals surface area contributed by atoms with Crippen LogP contribution in [0.1, 0.15) is 11.7 Å². The van der Waals surface area contributed by atoms with Crippen molar-refractivity contribution in [3.05, 3.63) is 60.2 Å². The molecule has 0 radical (unpaired) electrons. The molecule has 1 amide bonds. The highest BCUT2D eigenvalue weighted by Gasteiger charge is 2.25. The molecule has 0 saturated carbocycles. The molecule has 2 heterocycles. The summed E-state index contributed by atoms with van der Waals surface area (Å²) in [7, 11) is 0. The van der Waals surface area contributed by atoms with Crippen LogP contribution < -0.4 is 11.1 Å². The van der Waals surface area contributed by atoms with Gasteiger partial charge in [0, 0.05) is 11.9 Å². The van der Waals surface area contributed by atoms with Crippen LogP contribution in [0.5, 0.6) is 0 Å². The van der Waals surface area contributed by atoms with Crippen molar-refractivity contribution in [2.45, 2.75) is 12.7 Å². The summed E-state index contributed by atoms with van der Waals surface area (Å²) in [5.74, 6) is -0.152. The van der Waals surface area contributed by atoms with Crippen molar-refractivity contribution in [1.29, 1.82) is 0 Å². The first-order valence-corrected chi connectivity index (χ1v) is 6.97. The highest BCUT2D eigenvalue weighted by Crippen LogP contribution is 2.33. The molecule has 0 saturated heterocycles. The molecule has 1 unspecified atom stereocenters. The molecular weight excluding hydrogens is 262 g/mol. The molecule has 0 aliphatic carbocycles. The minimum Gasteiger partial charge on any atom is -0.349 e. The molecule has 4 nitrogen and oxygen atoms in total. The number of nitrogens with two attached hydrogens (primary N) is 1. The van der Waals surface area contributed by atoms with Crippen LogP contribution >= 0.6 is 0 Å². The van der Waals surface area contributed by atoms with Gasteiger partial charge in [-0.25, -0.2) is 0 Å². The molecule has 3 aromatic rings. The van der Waals surface area contributed by atoms with Crippen LogP contribution in [0.4, 0.5) is 0 Å². The molecular formula is C17H15N3O. The van der Waals surface area contributed by atoms with Crippen LogP contribution in [0.25, 0.3) is 22.2 Å². The van der Waals surface area contributed by atoms with E-state index in [4.69, 9.17) is 5.73 Å². The molecule has 0 fully saturated rings. The third-order valence-electron chi connectivity index (χ3n) is 4.01. The Morgan fingerprint density at radius 2 is 1.90 bits per heavy atom. The molecule has 1 aliphatic rings. The summed E-state index contributed by atoms with van der Waals surface area (Å²) < 4.78 is 1.95. The largest absolute Gasteiger partial charge is 0.349 e. The van der Waals surface area contributed by atoms with Crippen LogP contribution in [0, 0.1) is 0 Å². The lowest BCUT2D eigenvalue weighted by atomic mass is 10.1. The van der Waals surface area contributed by atoms with E-state index in [1.54, 1.807) is 0 Å². The zero-order valence-electron chi connectivity index (χ0n) is 11.4. The number of hydrogen-bond donors (Lipinski definition) is 2. The zero-order valence-corrected chi connectivity index (χ0v) is 11.4. The van der Waals surface area contributed by atoms with Gasteiger partial charge < -0.3 is 15.6 Å². The van der Waals surface area contributed by atoms with Crippen LogP contribution in [0.15, 0.2) is 54.6 Å². The summed E-state index contributed by atoms with van der Waals surface area (Å²) in [4.78, 5) is 12.1. The van der Waals surface area contributed by atoms with Gasteiger partial charge in [-0.3, -0.25) is 4.79 Å². The van der Waals surface area contributed by atoms with Gasteiger partial charge >= 0.3 is 0 Å². The summed E-state index contributed by atoms with van der Waals surface area (Å²) in [6.45, 7) is 0.516. The Bertz CT molecular complexity index is 836. The van der Waals surface area contributed by atoms with Crippen molar-refractivity contribution in [3.8, 4) is 11.3 Å². The summed E-state index contributed by atoms with van der Waals surface area (Å²) in [5, 5.41) is 3.99. The Morgan fingerprint density at radius 1 is 1.10 bits per heavy atom. The highest BCUT2D eigenvalue weighted by molar-refractivity contribution is 5.94. The molecule has 1 atom stereocenters. The second-order valence-electron chi connectivity index (χ2n) is 5.28. The minimum atomic E-state index is -0.707. The van der Waals surface area contributed by atoms with Gasteiger partial charge in [-0.2, -0.15) is 0 Å². The number of aromatic nitrogens is 1. The predicted molar refractivity (Wildman–Crippen MR) is 82.4 cm³/mol. The van der Waals surface area contributed by atoms with E-state index in [0.29, 0.717) is 6.54 Å². The number of carbonyl (C=O) groups is 1. The average molecular weight is 277 g/mol. The molecule has 0 bridgehead atoms. The van der Waals surface area contributed by atoms with E-state index in [1.165, 1.54) is 0 Å². The lowest BCUT2D eigenvalue weighted by Gasteiger charge is -2.15. The van der Waals surface area contributed by atoms with Crippen LogP contribution in [0.2, 0.25) is 0 Å². The summed E-state index contributed by atoms with van der Waals surface area (Å²) in [5.41, 5.74) is 10.4. The van der Waals surface area contributed by atoms with Gasteiger partial charge in [-0.1, -0.05) is 48.5 Å². The zero-order chi connectivity index (χ0) is 14.4. The van der Waals surface area contributed by atoms with E-state index in [2.05, 4.69) is 17.4 Å². The molecule has 0 spiro atoms. The van der Waals surface area contributed by atoms with E-state index in [-0.39, 0.29) is 5.91 Å². The van der Waals surface area contributed by atoms with Gasteiger partial charge in [0.1, 0.15) is 0 Å². The Hall–Kier alpha value is -2.59. The number of hydrogen-bond acceptors (Lipinski definition) is 2. The molecule has 104 valence electrons. The summed E-state index contributed by atoms with van der Waals surface area (Å²) >= 11 is 0. The van der Waals surface area contributed by atoms with E-state index < -0.39 is 6.17 Å². The average Bonchev–Trinajstić information content (AvgIpc) is 2.86. The number of carbonyl (C=O) groups excluding carboxylic acids is 1. The topological polar surface area (TPSA) is 60.1 Å². The van der Waals surface area contributed by atoms with Gasteiger partial charge in [-0.05, 0) is 17.2 Å². The smallest absolute Gasteiger partial charge is 0.258 e. The van der Waals surface area contributed by atoms with Crippen molar-refractivity contribution in [1.82, 2.24) is 9.88 Å². The van der Waals surface area contributed by atoms with E-state index >= 15 is 0 Å². The lowest BCUT2D eigenvalue weighted by molar-refractivity contribution is -0.124. The third kappa shape index (κ3) is 1.76. The fourth-order valence-corrected chi connectivity index (χ4v) is 3.03. The van der Waals surface area contributed by atoms with Gasteiger partial charge in [0.15, 0.2) is 6.17 Å². The first-order valence-electron chi connectivity index (χ1n) is 6.97.